The summed E-state index contributed by atoms with van der Waals surface area (Å²) in [6.07, 6.45) is 5.45. The highest BCUT2D eigenvalue weighted by atomic mass is 16.3. The summed E-state index contributed by atoms with van der Waals surface area (Å²) < 4.78 is 7.34. The van der Waals surface area contributed by atoms with Gasteiger partial charge in [0, 0.05) is 38.0 Å². The van der Waals surface area contributed by atoms with E-state index in [1.807, 2.05) is 43.7 Å². The van der Waals surface area contributed by atoms with Crippen LogP contribution in [-0.2, 0) is 20.1 Å². The van der Waals surface area contributed by atoms with Crippen molar-refractivity contribution in [3.8, 4) is 11.5 Å². The first kappa shape index (κ1) is 16.8. The molecule has 0 aliphatic heterocycles. The Balaban J connectivity index is 1.54. The molecule has 0 saturated heterocycles. The van der Waals surface area contributed by atoms with E-state index in [-0.39, 0.29) is 0 Å². The van der Waals surface area contributed by atoms with Crippen LogP contribution in [0.5, 0.6) is 0 Å². The molecule has 0 fully saturated rings. The first-order valence-corrected chi connectivity index (χ1v) is 8.07. The topological polar surface area (TPSA) is 80.3 Å². The highest BCUT2D eigenvalue weighted by Gasteiger charge is 2.07. The van der Waals surface area contributed by atoms with Gasteiger partial charge in [0.1, 0.15) is 6.26 Å². The number of hydrogen-bond donors (Lipinski definition) is 2. The Morgan fingerprint density at radius 1 is 1.20 bits per heavy atom. The minimum atomic E-state index is 0.530. The average Bonchev–Trinajstić information content (AvgIpc) is 3.25. The molecule has 0 amide bonds. The fourth-order valence-corrected chi connectivity index (χ4v) is 2.36. The quantitative estimate of drug-likeness (QED) is 0.551. The van der Waals surface area contributed by atoms with Gasteiger partial charge in [-0.2, -0.15) is 5.10 Å². The van der Waals surface area contributed by atoms with Gasteiger partial charge in [-0.05, 0) is 19.1 Å². The Labute approximate surface area is 146 Å². The van der Waals surface area contributed by atoms with E-state index in [1.54, 1.807) is 18.0 Å². The summed E-state index contributed by atoms with van der Waals surface area (Å²) in [4.78, 5) is 8.72. The van der Waals surface area contributed by atoms with Gasteiger partial charge in [-0.15, -0.1) is 0 Å². The molecule has 2 N–H and O–H groups in total. The van der Waals surface area contributed by atoms with Gasteiger partial charge in [-0.3, -0.25) is 9.67 Å². The van der Waals surface area contributed by atoms with Gasteiger partial charge >= 0.3 is 0 Å². The zero-order chi connectivity index (χ0) is 17.6. The third kappa shape index (κ3) is 4.47. The van der Waals surface area contributed by atoms with Crippen LogP contribution in [0.4, 0.5) is 0 Å². The lowest BCUT2D eigenvalue weighted by Crippen LogP contribution is -2.36. The number of hydrogen-bond acceptors (Lipinski definition) is 4. The number of aryl methyl sites for hydroxylation is 2. The smallest absolute Gasteiger partial charge is 0.226 e. The second kappa shape index (κ2) is 7.65. The molecule has 2 aromatic heterocycles. The molecule has 7 heteroatoms. The Kier molecular flexibility index (Phi) is 5.13. The second-order valence-electron chi connectivity index (χ2n) is 5.81. The monoisotopic (exact) mass is 338 g/mol. The predicted octanol–water partition coefficient (Wildman–Crippen LogP) is 2.25. The molecule has 0 bridgehead atoms. The van der Waals surface area contributed by atoms with Gasteiger partial charge in [0.2, 0.25) is 5.89 Å². The fraction of sp³-hybridized carbons (Fsp3) is 0.278. The molecule has 3 rings (SSSR count). The molecule has 0 atom stereocenters. The van der Waals surface area contributed by atoms with E-state index in [9.17, 15) is 0 Å². The van der Waals surface area contributed by atoms with Crippen LogP contribution in [-0.4, -0.2) is 27.8 Å². The molecule has 25 heavy (non-hydrogen) atoms. The standard InChI is InChI=1S/C18H22N6O/c1-13-4-6-15(7-5-13)17-23-16(12-25-17)10-21-18(19-2)20-8-14-9-22-24(3)11-14/h4-7,9,11-12H,8,10H2,1-3H3,(H2,19,20,21). The minimum Gasteiger partial charge on any atom is -0.444 e. The van der Waals surface area contributed by atoms with E-state index < -0.39 is 0 Å². The number of guanidine groups is 1. The lowest BCUT2D eigenvalue weighted by atomic mass is 10.1. The number of nitrogens with one attached hydrogen (secondary N) is 2. The van der Waals surface area contributed by atoms with E-state index >= 15 is 0 Å². The highest BCUT2D eigenvalue weighted by Crippen LogP contribution is 2.18. The molecule has 130 valence electrons. The maximum absolute atomic E-state index is 5.57. The van der Waals surface area contributed by atoms with E-state index in [0.29, 0.717) is 24.9 Å². The zero-order valence-corrected chi connectivity index (χ0v) is 14.7. The van der Waals surface area contributed by atoms with E-state index in [2.05, 4.69) is 32.6 Å². The molecular formula is C18H22N6O. The number of aliphatic imine (C=N–C) groups is 1. The summed E-state index contributed by atoms with van der Waals surface area (Å²) in [7, 11) is 3.63. The second-order valence-corrected chi connectivity index (χ2v) is 5.81. The van der Waals surface area contributed by atoms with Gasteiger partial charge in [0.15, 0.2) is 5.96 Å². The largest absolute Gasteiger partial charge is 0.444 e. The van der Waals surface area contributed by atoms with Crippen LogP contribution in [0.15, 0.2) is 52.3 Å². The van der Waals surface area contributed by atoms with Gasteiger partial charge < -0.3 is 15.1 Å². The Hall–Kier alpha value is -3.09. The van der Waals surface area contributed by atoms with Gasteiger partial charge in [-0.25, -0.2) is 4.98 Å². The third-order valence-corrected chi connectivity index (χ3v) is 3.73. The maximum atomic E-state index is 5.57. The van der Waals surface area contributed by atoms with Gasteiger partial charge in [-0.1, -0.05) is 17.7 Å². The first-order valence-electron chi connectivity index (χ1n) is 8.07. The molecule has 0 saturated carbocycles. The number of benzene rings is 1. The van der Waals surface area contributed by atoms with Crippen LogP contribution in [0, 0.1) is 6.92 Å². The van der Waals surface area contributed by atoms with Crippen molar-refractivity contribution >= 4 is 5.96 Å². The van der Waals surface area contributed by atoms with Crippen molar-refractivity contribution in [2.24, 2.45) is 12.0 Å². The Morgan fingerprint density at radius 3 is 2.64 bits per heavy atom. The molecule has 3 aromatic rings. The summed E-state index contributed by atoms with van der Waals surface area (Å²) in [6.45, 7) is 3.24. The summed E-state index contributed by atoms with van der Waals surface area (Å²) in [5.41, 5.74) is 4.09. The molecular weight excluding hydrogens is 316 g/mol. The van der Waals surface area contributed by atoms with Crippen LogP contribution in [0.3, 0.4) is 0 Å². The van der Waals surface area contributed by atoms with Crippen LogP contribution < -0.4 is 10.6 Å². The minimum absolute atomic E-state index is 0.530. The van der Waals surface area contributed by atoms with Gasteiger partial charge in [0.05, 0.1) is 18.4 Å². The molecule has 7 nitrogen and oxygen atoms in total. The van der Waals surface area contributed by atoms with E-state index in [1.165, 1.54) is 5.56 Å². The lowest BCUT2D eigenvalue weighted by Gasteiger charge is -2.09. The maximum Gasteiger partial charge on any atom is 0.226 e. The molecule has 0 aliphatic rings. The third-order valence-electron chi connectivity index (χ3n) is 3.73. The number of aromatic nitrogens is 3. The van der Waals surface area contributed by atoms with Crippen molar-refractivity contribution in [2.45, 2.75) is 20.0 Å². The summed E-state index contributed by atoms with van der Waals surface area (Å²) >= 11 is 0. The van der Waals surface area contributed by atoms with Crippen molar-refractivity contribution in [1.29, 1.82) is 0 Å². The van der Waals surface area contributed by atoms with Crippen LogP contribution in [0.25, 0.3) is 11.5 Å². The summed E-state index contributed by atoms with van der Waals surface area (Å²) in [5.74, 6) is 1.32. The van der Waals surface area contributed by atoms with Crippen LogP contribution in [0.2, 0.25) is 0 Å². The highest BCUT2D eigenvalue weighted by molar-refractivity contribution is 5.79. The first-order chi connectivity index (χ1) is 12.1. The van der Waals surface area contributed by atoms with Crippen LogP contribution in [0.1, 0.15) is 16.8 Å². The van der Waals surface area contributed by atoms with Crippen molar-refractivity contribution in [2.75, 3.05) is 7.05 Å². The predicted molar refractivity (Wildman–Crippen MR) is 96.9 cm³/mol. The van der Waals surface area contributed by atoms with Crippen molar-refractivity contribution in [3.63, 3.8) is 0 Å². The average molecular weight is 338 g/mol. The SMILES string of the molecule is CN=C(NCc1cnn(C)c1)NCc1coc(-c2ccc(C)cc2)n1. The fourth-order valence-electron chi connectivity index (χ4n) is 2.36. The number of oxazole rings is 1. The lowest BCUT2D eigenvalue weighted by molar-refractivity contribution is 0.572. The molecule has 0 spiro atoms. The van der Waals surface area contributed by atoms with Crippen molar-refractivity contribution < 1.29 is 4.42 Å². The molecule has 0 aliphatic carbocycles. The molecule has 1 aromatic carbocycles. The molecule has 0 unspecified atom stereocenters. The van der Waals surface area contributed by atoms with Crippen molar-refractivity contribution in [3.05, 3.63) is 59.7 Å². The summed E-state index contributed by atoms with van der Waals surface area (Å²) in [5, 5.41) is 10.6. The molecule has 0 radical (unpaired) electrons. The Bertz CT molecular complexity index is 847. The number of rotatable bonds is 5. The number of nitrogens with zero attached hydrogens (tertiary/aromatic N) is 4. The normalized spacial score (nSPS) is 11.6. The van der Waals surface area contributed by atoms with E-state index in [4.69, 9.17) is 4.42 Å². The molecule has 2 heterocycles. The zero-order valence-electron chi connectivity index (χ0n) is 14.7. The Morgan fingerprint density at radius 2 is 1.96 bits per heavy atom. The van der Waals surface area contributed by atoms with Crippen LogP contribution >= 0.6 is 0 Å². The van der Waals surface area contributed by atoms with E-state index in [0.717, 1.165) is 16.8 Å². The summed E-state index contributed by atoms with van der Waals surface area (Å²) in [6, 6.07) is 8.10. The van der Waals surface area contributed by atoms with Gasteiger partial charge in [0.25, 0.3) is 0 Å². The van der Waals surface area contributed by atoms with Crippen molar-refractivity contribution in [1.82, 2.24) is 25.4 Å².